The zero-order valence-electron chi connectivity index (χ0n) is 11.9. The first-order valence-corrected chi connectivity index (χ1v) is 7.52. The molecule has 1 fully saturated rings. The molecule has 1 aliphatic heterocycles. The van der Waals surface area contributed by atoms with Crippen molar-refractivity contribution in [3.63, 3.8) is 0 Å². The molecular weight excluding hydrogens is 284 g/mol. The summed E-state index contributed by atoms with van der Waals surface area (Å²) in [6.07, 6.45) is 3.78. The van der Waals surface area contributed by atoms with Gasteiger partial charge < -0.3 is 4.90 Å². The molecule has 1 aliphatic rings. The van der Waals surface area contributed by atoms with Crippen LogP contribution in [0.1, 0.15) is 40.4 Å². The zero-order chi connectivity index (χ0) is 14.8. The maximum Gasteiger partial charge on any atom is 0.254 e. The molecule has 0 bridgehead atoms. The molecule has 3 rings (SSSR count). The quantitative estimate of drug-likeness (QED) is 0.785. The summed E-state index contributed by atoms with van der Waals surface area (Å²) in [7, 11) is 0. The highest BCUT2D eigenvalue weighted by molar-refractivity contribution is 6.30. The van der Waals surface area contributed by atoms with Gasteiger partial charge in [0.1, 0.15) is 5.15 Å². The highest BCUT2D eigenvalue weighted by atomic mass is 35.5. The topological polar surface area (TPSA) is 33.2 Å². The van der Waals surface area contributed by atoms with Crippen LogP contribution in [0.25, 0.3) is 0 Å². The standard InChI is InChI=1S/C17H17ClN2O/c1-12-10-14(11-19-16(12)18)15-8-5-9-20(15)17(21)13-6-3-2-4-7-13/h2-4,6-7,10-11,15H,5,8-9H2,1H3. The SMILES string of the molecule is Cc1cc(C2CCCN2C(=O)c2ccccc2)cnc1Cl. The van der Waals surface area contributed by atoms with Gasteiger partial charge >= 0.3 is 0 Å². The van der Waals surface area contributed by atoms with E-state index in [9.17, 15) is 4.79 Å². The Balaban J connectivity index is 1.88. The Bertz CT molecular complexity index is 657. The molecule has 1 unspecified atom stereocenters. The lowest BCUT2D eigenvalue weighted by Crippen LogP contribution is -2.30. The largest absolute Gasteiger partial charge is 0.332 e. The molecule has 3 nitrogen and oxygen atoms in total. The molecule has 108 valence electrons. The average Bonchev–Trinajstić information content (AvgIpc) is 2.99. The monoisotopic (exact) mass is 300 g/mol. The Morgan fingerprint density at radius 2 is 2.10 bits per heavy atom. The molecule has 0 saturated carbocycles. The van der Waals surface area contributed by atoms with Crippen molar-refractivity contribution in [1.82, 2.24) is 9.88 Å². The molecule has 0 radical (unpaired) electrons. The second-order valence-electron chi connectivity index (χ2n) is 5.40. The third-order valence-corrected chi connectivity index (χ3v) is 4.35. The van der Waals surface area contributed by atoms with Crippen LogP contribution in [0, 0.1) is 6.92 Å². The van der Waals surface area contributed by atoms with Crippen LogP contribution in [-0.4, -0.2) is 22.3 Å². The third-order valence-electron chi connectivity index (χ3n) is 3.95. The molecule has 1 amide bonds. The van der Waals surface area contributed by atoms with E-state index in [1.165, 1.54) is 0 Å². The van der Waals surface area contributed by atoms with Crippen molar-refractivity contribution in [1.29, 1.82) is 0 Å². The van der Waals surface area contributed by atoms with Crippen LogP contribution in [0.15, 0.2) is 42.6 Å². The number of hydrogen-bond donors (Lipinski definition) is 0. The van der Waals surface area contributed by atoms with Crippen molar-refractivity contribution in [3.8, 4) is 0 Å². The number of hydrogen-bond acceptors (Lipinski definition) is 2. The van der Waals surface area contributed by atoms with Gasteiger partial charge in [-0.05, 0) is 49.1 Å². The Hall–Kier alpha value is -1.87. The lowest BCUT2D eigenvalue weighted by molar-refractivity contribution is 0.0735. The minimum absolute atomic E-state index is 0.0886. The first-order valence-electron chi connectivity index (χ1n) is 7.15. The molecule has 21 heavy (non-hydrogen) atoms. The van der Waals surface area contributed by atoms with Crippen molar-refractivity contribution >= 4 is 17.5 Å². The first kappa shape index (κ1) is 14.1. The van der Waals surface area contributed by atoms with E-state index < -0.39 is 0 Å². The van der Waals surface area contributed by atoms with Crippen LogP contribution in [0.3, 0.4) is 0 Å². The predicted octanol–water partition coefficient (Wildman–Crippen LogP) is 4.02. The summed E-state index contributed by atoms with van der Waals surface area (Å²) in [5.41, 5.74) is 2.76. The average molecular weight is 301 g/mol. The fraction of sp³-hybridized carbons (Fsp3) is 0.294. The fourth-order valence-electron chi connectivity index (χ4n) is 2.86. The molecule has 1 atom stereocenters. The molecule has 0 spiro atoms. The second-order valence-corrected chi connectivity index (χ2v) is 5.76. The fourth-order valence-corrected chi connectivity index (χ4v) is 2.97. The van der Waals surface area contributed by atoms with Gasteiger partial charge in [-0.2, -0.15) is 0 Å². The van der Waals surface area contributed by atoms with E-state index in [0.717, 1.165) is 36.1 Å². The number of amides is 1. The molecule has 0 aliphatic carbocycles. The number of nitrogens with zero attached hydrogens (tertiary/aromatic N) is 2. The molecule has 4 heteroatoms. The van der Waals surface area contributed by atoms with Gasteiger partial charge in [-0.3, -0.25) is 4.79 Å². The lowest BCUT2D eigenvalue weighted by atomic mass is 10.0. The Labute approximate surface area is 129 Å². The van der Waals surface area contributed by atoms with Crippen molar-refractivity contribution < 1.29 is 4.79 Å². The van der Waals surface area contributed by atoms with Gasteiger partial charge in [0.25, 0.3) is 5.91 Å². The van der Waals surface area contributed by atoms with Crippen LogP contribution in [0.2, 0.25) is 5.15 Å². The first-order chi connectivity index (χ1) is 10.2. The number of benzene rings is 1. The summed E-state index contributed by atoms with van der Waals surface area (Å²) < 4.78 is 0. The van der Waals surface area contributed by atoms with Crippen LogP contribution < -0.4 is 0 Å². The van der Waals surface area contributed by atoms with Gasteiger partial charge in [0.15, 0.2) is 0 Å². The van der Waals surface area contributed by atoms with Gasteiger partial charge in [-0.1, -0.05) is 29.8 Å². The molecule has 1 saturated heterocycles. The predicted molar refractivity (Wildman–Crippen MR) is 83.4 cm³/mol. The number of likely N-dealkylation sites (tertiary alicyclic amines) is 1. The summed E-state index contributed by atoms with van der Waals surface area (Å²) in [4.78, 5) is 18.8. The second kappa shape index (κ2) is 5.86. The number of halogens is 1. The highest BCUT2D eigenvalue weighted by Gasteiger charge is 2.30. The van der Waals surface area contributed by atoms with E-state index in [4.69, 9.17) is 11.6 Å². The molecule has 2 heterocycles. The third kappa shape index (κ3) is 2.79. The Morgan fingerprint density at radius 1 is 1.33 bits per heavy atom. The van der Waals surface area contributed by atoms with E-state index in [0.29, 0.717) is 5.15 Å². The van der Waals surface area contributed by atoms with Crippen LogP contribution in [-0.2, 0) is 0 Å². The molecule has 2 aromatic rings. The Morgan fingerprint density at radius 3 is 2.81 bits per heavy atom. The summed E-state index contributed by atoms with van der Waals surface area (Å²) in [5.74, 6) is 0.0886. The van der Waals surface area contributed by atoms with Crippen molar-refractivity contribution in [2.24, 2.45) is 0 Å². The molecule has 1 aromatic heterocycles. The van der Waals surface area contributed by atoms with Gasteiger partial charge in [0.2, 0.25) is 0 Å². The Kier molecular flexibility index (Phi) is 3.93. The van der Waals surface area contributed by atoms with Crippen molar-refractivity contribution in [2.75, 3.05) is 6.54 Å². The molecule has 1 aromatic carbocycles. The minimum Gasteiger partial charge on any atom is -0.332 e. The molecular formula is C17H17ClN2O. The van der Waals surface area contributed by atoms with E-state index in [1.54, 1.807) is 6.20 Å². The number of carbonyl (C=O) groups excluding carboxylic acids is 1. The summed E-state index contributed by atoms with van der Waals surface area (Å²) >= 11 is 5.99. The number of pyridine rings is 1. The minimum atomic E-state index is 0.0886. The van der Waals surface area contributed by atoms with E-state index in [1.807, 2.05) is 48.2 Å². The van der Waals surface area contributed by atoms with Crippen molar-refractivity contribution in [2.45, 2.75) is 25.8 Å². The summed E-state index contributed by atoms with van der Waals surface area (Å²) in [6, 6.07) is 11.6. The highest BCUT2D eigenvalue weighted by Crippen LogP contribution is 2.33. The smallest absolute Gasteiger partial charge is 0.254 e. The van der Waals surface area contributed by atoms with Crippen LogP contribution in [0.5, 0.6) is 0 Å². The molecule has 0 N–H and O–H groups in total. The van der Waals surface area contributed by atoms with Gasteiger partial charge in [0.05, 0.1) is 6.04 Å². The van der Waals surface area contributed by atoms with E-state index in [2.05, 4.69) is 4.98 Å². The van der Waals surface area contributed by atoms with E-state index in [-0.39, 0.29) is 11.9 Å². The lowest BCUT2D eigenvalue weighted by Gasteiger charge is -2.25. The number of carbonyl (C=O) groups is 1. The maximum absolute atomic E-state index is 12.7. The van der Waals surface area contributed by atoms with E-state index >= 15 is 0 Å². The number of aryl methyl sites for hydroxylation is 1. The van der Waals surface area contributed by atoms with Crippen molar-refractivity contribution in [3.05, 3.63) is 64.4 Å². The zero-order valence-corrected chi connectivity index (χ0v) is 12.7. The summed E-state index contributed by atoms with van der Waals surface area (Å²) in [5, 5.41) is 0.526. The summed E-state index contributed by atoms with van der Waals surface area (Å²) in [6.45, 7) is 2.73. The van der Waals surface area contributed by atoms with Gasteiger partial charge in [-0.25, -0.2) is 4.98 Å². The van der Waals surface area contributed by atoms with Crippen LogP contribution >= 0.6 is 11.6 Å². The number of aromatic nitrogens is 1. The van der Waals surface area contributed by atoms with Gasteiger partial charge in [-0.15, -0.1) is 0 Å². The normalized spacial score (nSPS) is 18.0. The van der Waals surface area contributed by atoms with Crippen LogP contribution in [0.4, 0.5) is 0 Å². The maximum atomic E-state index is 12.7. The number of rotatable bonds is 2. The van der Waals surface area contributed by atoms with Gasteiger partial charge in [0, 0.05) is 18.3 Å².